The van der Waals surface area contributed by atoms with Crippen molar-refractivity contribution in [1.82, 2.24) is 4.90 Å². The molecule has 6 heteroatoms. The number of carbonyl (C=O) groups excluding carboxylic acids is 1. The van der Waals surface area contributed by atoms with Gasteiger partial charge in [0, 0.05) is 24.6 Å². The Morgan fingerprint density at radius 1 is 1.50 bits per heavy atom. The largest absolute Gasteiger partial charge is 0.390 e. The molecule has 1 amide bonds. The molecule has 116 valence electrons. The summed E-state index contributed by atoms with van der Waals surface area (Å²) in [5.74, 6) is -0.351. The lowest BCUT2D eigenvalue weighted by molar-refractivity contribution is -0.114. The molecule has 3 aliphatic rings. The minimum Gasteiger partial charge on any atom is -0.390 e. The molecular weight excluding hydrogens is 298 g/mol. The number of rotatable bonds is 3. The second-order valence-electron chi connectivity index (χ2n) is 5.74. The number of nitrogens with two attached hydrogens (primary N) is 1. The Balaban J connectivity index is 1.78. The predicted octanol–water partition coefficient (Wildman–Crippen LogP) is 2.64. The van der Waals surface area contributed by atoms with E-state index < -0.39 is 0 Å². The van der Waals surface area contributed by atoms with Crippen LogP contribution in [0.4, 0.5) is 0 Å². The van der Waals surface area contributed by atoms with Gasteiger partial charge in [0.2, 0.25) is 5.91 Å². The van der Waals surface area contributed by atoms with Crippen molar-refractivity contribution >= 4 is 23.4 Å². The van der Waals surface area contributed by atoms with Crippen LogP contribution in [0.1, 0.15) is 26.7 Å². The first-order chi connectivity index (χ1) is 10.5. The maximum absolute atomic E-state index is 11.5. The average molecular weight is 317 g/mol. The lowest BCUT2D eigenvalue weighted by atomic mass is 9.95. The highest BCUT2D eigenvalue weighted by atomic mass is 32.2. The van der Waals surface area contributed by atoms with E-state index in [4.69, 9.17) is 10.6 Å². The molecule has 0 aromatic carbocycles. The van der Waals surface area contributed by atoms with Gasteiger partial charge in [0.15, 0.2) is 6.10 Å². The standard InChI is InChI=1S/C16H19N3O2S/c1-10-5-12(15(17)20)8-13(6-10)16-19(3-4-22-16)9-14-7-11(2)18-21-14/h3-6,14H,7-9H2,1-2H3,(H2,17,20)/b16-13+. The zero-order valence-corrected chi connectivity index (χ0v) is 13.5. The maximum Gasteiger partial charge on any atom is 0.244 e. The third-order valence-corrected chi connectivity index (χ3v) is 4.72. The lowest BCUT2D eigenvalue weighted by Crippen LogP contribution is -2.26. The van der Waals surface area contributed by atoms with Crippen LogP contribution in [-0.2, 0) is 9.63 Å². The molecule has 5 nitrogen and oxygen atoms in total. The van der Waals surface area contributed by atoms with Gasteiger partial charge in [-0.3, -0.25) is 4.79 Å². The van der Waals surface area contributed by atoms with Gasteiger partial charge in [-0.2, -0.15) is 0 Å². The van der Waals surface area contributed by atoms with E-state index in [0.717, 1.165) is 34.9 Å². The van der Waals surface area contributed by atoms with Gasteiger partial charge < -0.3 is 15.5 Å². The summed E-state index contributed by atoms with van der Waals surface area (Å²) < 4.78 is 0. The second kappa shape index (κ2) is 6.04. The van der Waals surface area contributed by atoms with Crippen LogP contribution < -0.4 is 5.73 Å². The van der Waals surface area contributed by atoms with Gasteiger partial charge in [-0.15, -0.1) is 0 Å². The van der Waals surface area contributed by atoms with Crippen molar-refractivity contribution < 1.29 is 9.63 Å². The zero-order chi connectivity index (χ0) is 15.7. The van der Waals surface area contributed by atoms with Gasteiger partial charge in [0.05, 0.1) is 17.3 Å². The van der Waals surface area contributed by atoms with Gasteiger partial charge in [-0.05, 0) is 24.8 Å². The number of thioether (sulfide) groups is 1. The van der Waals surface area contributed by atoms with E-state index in [2.05, 4.69) is 27.7 Å². The summed E-state index contributed by atoms with van der Waals surface area (Å²) in [5, 5.41) is 7.20. The highest BCUT2D eigenvalue weighted by molar-refractivity contribution is 8.06. The summed E-state index contributed by atoms with van der Waals surface area (Å²) in [6, 6.07) is 0. The molecule has 0 fully saturated rings. The lowest BCUT2D eigenvalue weighted by Gasteiger charge is -2.24. The summed E-state index contributed by atoms with van der Waals surface area (Å²) in [6.45, 7) is 4.72. The molecule has 3 rings (SSSR count). The fourth-order valence-corrected chi connectivity index (χ4v) is 3.68. The topological polar surface area (TPSA) is 67.9 Å². The smallest absolute Gasteiger partial charge is 0.244 e. The molecule has 0 spiro atoms. The molecular formula is C16H19N3O2S. The van der Waals surface area contributed by atoms with Crippen LogP contribution in [0.15, 0.2) is 50.7 Å². The van der Waals surface area contributed by atoms with Crippen LogP contribution >= 0.6 is 11.8 Å². The maximum atomic E-state index is 11.5. The molecule has 1 unspecified atom stereocenters. The second-order valence-corrected chi connectivity index (χ2v) is 6.64. The highest BCUT2D eigenvalue weighted by Gasteiger charge is 2.26. The van der Waals surface area contributed by atoms with E-state index in [0.29, 0.717) is 12.0 Å². The molecule has 2 heterocycles. The van der Waals surface area contributed by atoms with Crippen LogP contribution in [-0.4, -0.2) is 29.2 Å². The molecule has 0 saturated carbocycles. The Bertz CT molecular complexity index is 658. The van der Waals surface area contributed by atoms with E-state index in [1.54, 1.807) is 11.8 Å². The van der Waals surface area contributed by atoms with E-state index in [1.807, 2.05) is 19.9 Å². The van der Waals surface area contributed by atoms with Crippen molar-refractivity contribution in [2.45, 2.75) is 32.8 Å². The van der Waals surface area contributed by atoms with Crippen molar-refractivity contribution in [2.24, 2.45) is 10.9 Å². The Morgan fingerprint density at radius 2 is 2.32 bits per heavy atom. The number of hydrogen-bond acceptors (Lipinski definition) is 5. The number of carbonyl (C=O) groups is 1. The predicted molar refractivity (Wildman–Crippen MR) is 88.7 cm³/mol. The number of oxime groups is 1. The van der Waals surface area contributed by atoms with Gasteiger partial charge in [-0.1, -0.05) is 34.6 Å². The molecule has 22 heavy (non-hydrogen) atoms. The summed E-state index contributed by atoms with van der Waals surface area (Å²) in [5.41, 5.74) is 9.30. The van der Waals surface area contributed by atoms with Crippen molar-refractivity contribution in [1.29, 1.82) is 0 Å². The minimum absolute atomic E-state index is 0.0822. The minimum atomic E-state index is -0.351. The average Bonchev–Trinajstić information content (AvgIpc) is 3.08. The number of hydrogen-bond donors (Lipinski definition) is 1. The van der Waals surface area contributed by atoms with Crippen molar-refractivity contribution in [3.05, 3.63) is 45.5 Å². The van der Waals surface area contributed by atoms with Gasteiger partial charge in [-0.25, -0.2) is 0 Å². The van der Waals surface area contributed by atoms with E-state index in [9.17, 15) is 4.79 Å². The first kappa shape index (κ1) is 15.0. The third-order valence-electron chi connectivity index (χ3n) is 3.74. The number of nitrogens with zero attached hydrogens (tertiary/aromatic N) is 2. The summed E-state index contributed by atoms with van der Waals surface area (Å²) in [6.07, 6.45) is 7.55. The normalized spacial score (nSPS) is 27.5. The SMILES string of the molecule is CC1=C/C(=C2\SC=CN2CC2CC(C)=NO2)CC(C(N)=O)=C1. The Kier molecular flexibility index (Phi) is 4.11. The summed E-state index contributed by atoms with van der Waals surface area (Å²) >= 11 is 1.67. The first-order valence-corrected chi connectivity index (χ1v) is 8.12. The summed E-state index contributed by atoms with van der Waals surface area (Å²) in [7, 11) is 0. The fraction of sp³-hybridized carbons (Fsp3) is 0.375. The Hall–Kier alpha value is -1.95. The van der Waals surface area contributed by atoms with Crippen LogP contribution in [0.25, 0.3) is 0 Å². The zero-order valence-electron chi connectivity index (χ0n) is 12.7. The monoisotopic (exact) mass is 317 g/mol. The Morgan fingerprint density at radius 3 is 3.00 bits per heavy atom. The van der Waals surface area contributed by atoms with Crippen LogP contribution in [0, 0.1) is 0 Å². The molecule has 0 bridgehead atoms. The van der Waals surface area contributed by atoms with E-state index >= 15 is 0 Å². The molecule has 2 N–H and O–H groups in total. The fourth-order valence-electron chi connectivity index (χ4n) is 2.79. The molecule has 2 aliphatic heterocycles. The number of amides is 1. The molecule has 0 aromatic heterocycles. The Labute approximate surface area is 134 Å². The van der Waals surface area contributed by atoms with Crippen molar-refractivity contribution in [2.75, 3.05) is 6.54 Å². The van der Waals surface area contributed by atoms with Crippen molar-refractivity contribution in [3.63, 3.8) is 0 Å². The van der Waals surface area contributed by atoms with Crippen LogP contribution in [0.2, 0.25) is 0 Å². The van der Waals surface area contributed by atoms with Crippen molar-refractivity contribution in [3.8, 4) is 0 Å². The van der Waals surface area contributed by atoms with Gasteiger partial charge >= 0.3 is 0 Å². The van der Waals surface area contributed by atoms with E-state index in [1.165, 1.54) is 0 Å². The first-order valence-electron chi connectivity index (χ1n) is 7.24. The van der Waals surface area contributed by atoms with Gasteiger partial charge in [0.1, 0.15) is 0 Å². The quantitative estimate of drug-likeness (QED) is 0.869. The number of allylic oxidation sites excluding steroid dienone is 4. The van der Waals surface area contributed by atoms with E-state index in [-0.39, 0.29) is 12.0 Å². The molecule has 1 atom stereocenters. The highest BCUT2D eigenvalue weighted by Crippen LogP contribution is 2.37. The molecule has 0 aromatic rings. The molecule has 0 saturated heterocycles. The summed E-state index contributed by atoms with van der Waals surface area (Å²) in [4.78, 5) is 19.1. The van der Waals surface area contributed by atoms with Crippen LogP contribution in [0.3, 0.4) is 0 Å². The number of primary amides is 1. The van der Waals surface area contributed by atoms with Crippen LogP contribution in [0.5, 0.6) is 0 Å². The third kappa shape index (κ3) is 3.11. The molecule has 0 radical (unpaired) electrons. The molecule has 1 aliphatic carbocycles. The van der Waals surface area contributed by atoms with Gasteiger partial charge in [0.25, 0.3) is 0 Å².